The van der Waals surface area contributed by atoms with Crippen molar-refractivity contribution in [2.75, 3.05) is 6.61 Å². The average molecular weight is 378 g/mol. The number of benzene rings is 1. The third kappa shape index (κ3) is 6.56. The van der Waals surface area contributed by atoms with Gasteiger partial charge in [-0.3, -0.25) is 4.79 Å². The van der Waals surface area contributed by atoms with E-state index in [1.54, 1.807) is 39.8 Å². The van der Waals surface area contributed by atoms with Crippen molar-refractivity contribution in [2.45, 2.75) is 58.0 Å². The smallest absolute Gasteiger partial charge is 0.407 e. The molecule has 0 spiro atoms. The Balaban J connectivity index is 1.93. The second kappa shape index (κ2) is 7.96. The number of ether oxygens (including phenoxy) is 3. The van der Waals surface area contributed by atoms with Gasteiger partial charge in [0.15, 0.2) is 11.7 Å². The van der Waals surface area contributed by atoms with Crippen molar-refractivity contribution in [3.8, 4) is 0 Å². The molecule has 1 aliphatic heterocycles. The molecule has 27 heavy (non-hydrogen) atoms. The van der Waals surface area contributed by atoms with Crippen LogP contribution in [0.3, 0.4) is 0 Å². The molecule has 1 aromatic carbocycles. The quantitative estimate of drug-likeness (QED) is 0.701. The predicted molar refractivity (Wildman–Crippen MR) is 97.0 cm³/mol. The Morgan fingerprint density at radius 2 is 1.78 bits per heavy atom. The number of hydrogen-bond donors (Lipinski definition) is 2. The van der Waals surface area contributed by atoms with Gasteiger partial charge in [-0.1, -0.05) is 24.3 Å². The van der Waals surface area contributed by atoms with E-state index < -0.39 is 29.5 Å². The van der Waals surface area contributed by atoms with Crippen LogP contribution < -0.4 is 11.1 Å². The van der Waals surface area contributed by atoms with Crippen LogP contribution in [0.4, 0.5) is 9.59 Å². The van der Waals surface area contributed by atoms with Crippen molar-refractivity contribution in [2.24, 2.45) is 5.73 Å². The van der Waals surface area contributed by atoms with Crippen LogP contribution in [-0.2, 0) is 32.0 Å². The lowest BCUT2D eigenvalue weighted by Gasteiger charge is -2.19. The number of Topliss-reactive ketones (excluding diaryl/α,β-unsaturated/α-hetero) is 1. The number of nitrogens with one attached hydrogen (secondary N) is 1. The van der Waals surface area contributed by atoms with Gasteiger partial charge in [0, 0.05) is 13.0 Å². The van der Waals surface area contributed by atoms with Crippen molar-refractivity contribution in [3.63, 3.8) is 0 Å². The van der Waals surface area contributed by atoms with E-state index in [2.05, 4.69) is 5.32 Å². The highest BCUT2D eigenvalue weighted by Gasteiger charge is 2.50. The SMILES string of the molecule is CC(C)(C)OC(=O)NCc1ccc(CC(OC(N)=O)C(=O)C2(C)CO2)cc1. The minimum Gasteiger partial charge on any atom is -0.444 e. The summed E-state index contributed by atoms with van der Waals surface area (Å²) in [5.41, 5.74) is 5.27. The minimum absolute atomic E-state index is 0.195. The monoisotopic (exact) mass is 378 g/mol. The molecule has 0 aromatic heterocycles. The minimum atomic E-state index is -1.00. The summed E-state index contributed by atoms with van der Waals surface area (Å²) in [4.78, 5) is 35.2. The largest absolute Gasteiger partial charge is 0.444 e. The Bertz CT molecular complexity index is 704. The summed E-state index contributed by atoms with van der Waals surface area (Å²) in [7, 11) is 0. The molecular formula is C19H26N2O6. The molecule has 8 heteroatoms. The maximum absolute atomic E-state index is 12.4. The molecule has 8 nitrogen and oxygen atoms in total. The average Bonchev–Trinajstić information content (AvgIpc) is 3.30. The topological polar surface area (TPSA) is 120 Å². The van der Waals surface area contributed by atoms with Crippen molar-refractivity contribution < 1.29 is 28.6 Å². The first kappa shape index (κ1) is 20.7. The molecule has 1 aliphatic rings. The van der Waals surface area contributed by atoms with E-state index in [1.807, 2.05) is 12.1 Å². The van der Waals surface area contributed by atoms with Crippen molar-refractivity contribution in [1.82, 2.24) is 5.32 Å². The predicted octanol–water partition coefficient (Wildman–Crippen LogP) is 2.08. The first-order chi connectivity index (χ1) is 12.5. The van der Waals surface area contributed by atoms with Crippen LogP contribution in [0.2, 0.25) is 0 Å². The first-order valence-electron chi connectivity index (χ1n) is 8.67. The van der Waals surface area contributed by atoms with Gasteiger partial charge in [-0.15, -0.1) is 0 Å². The molecule has 0 bridgehead atoms. The number of hydrogen-bond acceptors (Lipinski definition) is 6. The highest BCUT2D eigenvalue weighted by atomic mass is 16.6. The number of ketones is 1. The van der Waals surface area contributed by atoms with Gasteiger partial charge >= 0.3 is 12.2 Å². The fourth-order valence-corrected chi connectivity index (χ4v) is 2.41. The van der Waals surface area contributed by atoms with E-state index in [4.69, 9.17) is 19.9 Å². The number of carbonyl (C=O) groups is 3. The van der Waals surface area contributed by atoms with E-state index in [0.29, 0.717) is 13.2 Å². The number of nitrogens with two attached hydrogens (primary N) is 1. The van der Waals surface area contributed by atoms with Crippen molar-refractivity contribution in [1.29, 1.82) is 0 Å². The molecule has 1 aromatic rings. The summed E-state index contributed by atoms with van der Waals surface area (Å²) in [6.45, 7) is 7.64. The molecule has 3 N–H and O–H groups in total. The first-order valence-corrected chi connectivity index (χ1v) is 8.67. The van der Waals surface area contributed by atoms with Crippen LogP contribution in [0.25, 0.3) is 0 Å². The zero-order valence-electron chi connectivity index (χ0n) is 16.0. The van der Waals surface area contributed by atoms with Gasteiger partial charge < -0.3 is 25.3 Å². The molecule has 2 unspecified atom stereocenters. The molecule has 0 aliphatic carbocycles. The van der Waals surface area contributed by atoms with Gasteiger partial charge in [-0.05, 0) is 38.8 Å². The number of amides is 2. The number of epoxide rings is 1. The molecule has 1 fully saturated rings. The standard InChI is InChI=1S/C19H26N2O6/c1-18(2,3)27-17(24)21-10-13-7-5-12(6-8-13)9-14(26-16(20)23)15(22)19(4)11-25-19/h5-8,14H,9-11H2,1-4H3,(H2,20,23)(H,21,24). The second-order valence-electron chi connectivity index (χ2n) is 7.69. The molecule has 2 rings (SSSR count). The maximum atomic E-state index is 12.4. The van der Waals surface area contributed by atoms with Gasteiger partial charge in [-0.2, -0.15) is 0 Å². The van der Waals surface area contributed by atoms with E-state index >= 15 is 0 Å². The van der Waals surface area contributed by atoms with E-state index in [9.17, 15) is 14.4 Å². The van der Waals surface area contributed by atoms with Crippen LogP contribution in [0, 0.1) is 0 Å². The van der Waals surface area contributed by atoms with Gasteiger partial charge in [0.25, 0.3) is 0 Å². The number of primary amides is 1. The molecule has 0 radical (unpaired) electrons. The van der Waals surface area contributed by atoms with Crippen LogP contribution in [0.15, 0.2) is 24.3 Å². The van der Waals surface area contributed by atoms with Crippen LogP contribution >= 0.6 is 0 Å². The Hall–Kier alpha value is -2.61. The van der Waals surface area contributed by atoms with E-state index in [0.717, 1.165) is 11.1 Å². The third-order valence-corrected chi connectivity index (χ3v) is 3.93. The van der Waals surface area contributed by atoms with Crippen molar-refractivity contribution in [3.05, 3.63) is 35.4 Å². The van der Waals surface area contributed by atoms with E-state index in [-0.39, 0.29) is 12.2 Å². The number of alkyl carbamates (subject to hydrolysis) is 1. The summed E-state index contributed by atoms with van der Waals surface area (Å²) >= 11 is 0. The van der Waals surface area contributed by atoms with Gasteiger partial charge in [-0.25, -0.2) is 9.59 Å². The molecule has 1 saturated heterocycles. The lowest BCUT2D eigenvalue weighted by molar-refractivity contribution is -0.131. The lowest BCUT2D eigenvalue weighted by Crippen LogP contribution is -2.39. The lowest BCUT2D eigenvalue weighted by atomic mass is 9.96. The summed E-state index contributed by atoms with van der Waals surface area (Å²) in [5, 5.41) is 2.67. The maximum Gasteiger partial charge on any atom is 0.407 e. The molecule has 2 amide bonds. The van der Waals surface area contributed by atoms with Gasteiger partial charge in [0.1, 0.15) is 5.60 Å². The Labute approximate surface area is 158 Å². The van der Waals surface area contributed by atoms with Crippen LogP contribution in [0.5, 0.6) is 0 Å². The van der Waals surface area contributed by atoms with Crippen LogP contribution in [-0.4, -0.2) is 41.9 Å². The molecule has 1 heterocycles. The molecule has 2 atom stereocenters. The normalized spacial score (nSPS) is 19.7. The summed E-state index contributed by atoms with van der Waals surface area (Å²) in [6, 6.07) is 7.22. The Morgan fingerprint density at radius 1 is 1.22 bits per heavy atom. The van der Waals surface area contributed by atoms with Gasteiger partial charge in [0.2, 0.25) is 5.78 Å². The molecule has 148 valence electrons. The fraction of sp³-hybridized carbons (Fsp3) is 0.526. The number of carbonyl (C=O) groups excluding carboxylic acids is 3. The Kier molecular flexibility index (Phi) is 6.10. The number of rotatable bonds is 7. The highest BCUT2D eigenvalue weighted by molar-refractivity contribution is 5.94. The zero-order valence-corrected chi connectivity index (χ0v) is 16.0. The summed E-state index contributed by atoms with van der Waals surface area (Å²) in [5.74, 6) is -0.308. The molecule has 0 saturated carbocycles. The fourth-order valence-electron chi connectivity index (χ4n) is 2.41. The molecular weight excluding hydrogens is 352 g/mol. The summed E-state index contributed by atoms with van der Waals surface area (Å²) < 4.78 is 15.3. The second-order valence-corrected chi connectivity index (χ2v) is 7.69. The highest BCUT2D eigenvalue weighted by Crippen LogP contribution is 2.30. The third-order valence-electron chi connectivity index (χ3n) is 3.93. The van der Waals surface area contributed by atoms with Gasteiger partial charge in [0.05, 0.1) is 6.61 Å². The Morgan fingerprint density at radius 3 is 2.26 bits per heavy atom. The van der Waals surface area contributed by atoms with Crippen molar-refractivity contribution >= 4 is 18.0 Å². The van der Waals surface area contributed by atoms with E-state index in [1.165, 1.54) is 0 Å². The van der Waals surface area contributed by atoms with Crippen LogP contribution in [0.1, 0.15) is 38.8 Å². The zero-order chi connectivity index (χ0) is 20.2. The summed E-state index contributed by atoms with van der Waals surface area (Å²) in [6.07, 6.45) is -2.30.